The van der Waals surface area contributed by atoms with E-state index < -0.39 is 9.91 Å². The molecule has 1 N–H and O–H groups in total. The van der Waals surface area contributed by atoms with Gasteiger partial charge < -0.3 is 0 Å². The summed E-state index contributed by atoms with van der Waals surface area (Å²) in [6, 6.07) is -0.343. The van der Waals surface area contributed by atoms with Crippen LogP contribution in [0.4, 0.5) is 0 Å². The minimum absolute atomic E-state index is 0.343. The molecule has 1 atom stereocenters. The van der Waals surface area contributed by atoms with Crippen molar-refractivity contribution >= 4 is 11.6 Å². The smallest absolute Gasteiger partial charge is 0.157 e. The van der Waals surface area contributed by atoms with Gasteiger partial charge in [0.1, 0.15) is 6.04 Å². The number of alkyl halides is 1. The Balaban J connectivity index is 3.85. The Hall–Kier alpha value is -0.510. The molecule has 0 aliphatic heterocycles. The van der Waals surface area contributed by atoms with Crippen molar-refractivity contribution in [1.29, 1.82) is 0 Å². The molecule has 1 unspecified atom stereocenters. The molecular weight excluding hydrogens is 156 g/mol. The lowest BCUT2D eigenvalue weighted by molar-refractivity contribution is -0.551. The largest absolute Gasteiger partial charge is 0.235 e. The van der Waals surface area contributed by atoms with Crippen molar-refractivity contribution in [3.05, 3.63) is 10.1 Å². The maximum atomic E-state index is 9.89. The number of nitrogens with one attached hydrogen (secondary N) is 1. The Morgan fingerprint density at radius 1 is 1.70 bits per heavy atom. The lowest BCUT2D eigenvalue weighted by Crippen LogP contribution is -2.43. The highest BCUT2D eigenvalue weighted by atomic mass is 35.5. The number of halogens is 1. The summed E-state index contributed by atoms with van der Waals surface area (Å²) in [7, 11) is 0. The van der Waals surface area contributed by atoms with Gasteiger partial charge in [0.2, 0.25) is 0 Å². The molecule has 4 nitrogen and oxygen atoms in total. The molecule has 0 aromatic carbocycles. The van der Waals surface area contributed by atoms with E-state index in [-0.39, 0.29) is 6.04 Å². The minimum Gasteiger partial charge on any atom is -0.235 e. The standard InChI is InChI=1S/C5H11ClN2O2/c1-4(5(2,3)6)7-8(9)10/h4,7H,1-3H3. The van der Waals surface area contributed by atoms with Gasteiger partial charge in [-0.2, -0.15) is 0 Å². The van der Waals surface area contributed by atoms with E-state index in [0.717, 1.165) is 0 Å². The van der Waals surface area contributed by atoms with E-state index in [0.29, 0.717) is 0 Å². The molecule has 60 valence electrons. The molecule has 0 radical (unpaired) electrons. The molecule has 0 spiro atoms. The Morgan fingerprint density at radius 3 is 2.20 bits per heavy atom. The Kier molecular flexibility index (Phi) is 2.90. The van der Waals surface area contributed by atoms with Gasteiger partial charge in [0.15, 0.2) is 5.03 Å². The fraction of sp³-hybridized carbons (Fsp3) is 1.00. The van der Waals surface area contributed by atoms with Crippen LogP contribution in [-0.2, 0) is 0 Å². The second kappa shape index (κ2) is 3.05. The average Bonchev–Trinajstić information content (AvgIpc) is 1.60. The van der Waals surface area contributed by atoms with Crippen LogP contribution in [0, 0.1) is 10.1 Å². The van der Waals surface area contributed by atoms with Crippen LogP contribution in [0.3, 0.4) is 0 Å². The third kappa shape index (κ3) is 3.50. The fourth-order valence-corrected chi connectivity index (χ4v) is 0.360. The summed E-state index contributed by atoms with van der Waals surface area (Å²) in [6.45, 7) is 5.10. The van der Waals surface area contributed by atoms with Crippen molar-refractivity contribution in [2.24, 2.45) is 0 Å². The van der Waals surface area contributed by atoms with E-state index in [9.17, 15) is 10.1 Å². The van der Waals surface area contributed by atoms with Crippen LogP contribution in [0.25, 0.3) is 0 Å². The molecule has 0 aliphatic carbocycles. The van der Waals surface area contributed by atoms with E-state index >= 15 is 0 Å². The van der Waals surface area contributed by atoms with Crippen LogP contribution < -0.4 is 5.43 Å². The van der Waals surface area contributed by atoms with Crippen LogP contribution in [0.1, 0.15) is 20.8 Å². The SMILES string of the molecule is CC(N[N+](=O)[O-])C(C)(C)Cl. The third-order valence-corrected chi connectivity index (χ3v) is 1.66. The molecular formula is C5H11ClN2O2. The molecule has 0 aliphatic rings. The number of nitro groups is 1. The summed E-state index contributed by atoms with van der Waals surface area (Å²) >= 11 is 5.76. The zero-order valence-corrected chi connectivity index (χ0v) is 6.97. The second-order valence-electron chi connectivity index (χ2n) is 2.67. The van der Waals surface area contributed by atoms with Gasteiger partial charge in [-0.15, -0.1) is 17.0 Å². The van der Waals surface area contributed by atoms with E-state index in [4.69, 9.17) is 11.6 Å². The van der Waals surface area contributed by atoms with Gasteiger partial charge >= 0.3 is 0 Å². The topological polar surface area (TPSA) is 55.2 Å². The fourth-order valence-electron chi connectivity index (χ4n) is 0.312. The zero-order valence-electron chi connectivity index (χ0n) is 6.22. The van der Waals surface area contributed by atoms with Gasteiger partial charge in [0, 0.05) is 0 Å². The molecule has 0 saturated carbocycles. The summed E-state index contributed by atoms with van der Waals surface area (Å²) < 4.78 is 0. The van der Waals surface area contributed by atoms with E-state index in [2.05, 4.69) is 5.43 Å². The van der Waals surface area contributed by atoms with E-state index in [1.54, 1.807) is 20.8 Å². The normalized spacial score (nSPS) is 14.4. The lowest BCUT2D eigenvalue weighted by Gasteiger charge is -2.20. The van der Waals surface area contributed by atoms with Crippen molar-refractivity contribution in [1.82, 2.24) is 5.43 Å². The number of hydrogen-bond donors (Lipinski definition) is 1. The monoisotopic (exact) mass is 166 g/mol. The minimum atomic E-state index is -0.590. The maximum absolute atomic E-state index is 9.89. The van der Waals surface area contributed by atoms with Crippen molar-refractivity contribution < 1.29 is 5.03 Å². The predicted molar refractivity (Wildman–Crippen MR) is 39.5 cm³/mol. The summed E-state index contributed by atoms with van der Waals surface area (Å²) in [6.07, 6.45) is 0. The van der Waals surface area contributed by atoms with Crippen molar-refractivity contribution in [3.8, 4) is 0 Å². The van der Waals surface area contributed by atoms with E-state index in [1.165, 1.54) is 0 Å². The first-order valence-electron chi connectivity index (χ1n) is 2.93. The van der Waals surface area contributed by atoms with Crippen LogP contribution in [0.2, 0.25) is 0 Å². The Bertz CT molecular complexity index is 132. The highest BCUT2D eigenvalue weighted by Gasteiger charge is 2.25. The van der Waals surface area contributed by atoms with Gasteiger partial charge in [-0.1, -0.05) is 0 Å². The summed E-state index contributed by atoms with van der Waals surface area (Å²) in [4.78, 5) is 9.30. The highest BCUT2D eigenvalue weighted by molar-refractivity contribution is 6.23. The first kappa shape index (κ1) is 9.49. The number of nitrogens with zero attached hydrogens (tertiary/aromatic N) is 1. The Labute approximate surface area is 64.7 Å². The molecule has 0 aromatic heterocycles. The van der Waals surface area contributed by atoms with Crippen molar-refractivity contribution in [2.45, 2.75) is 31.7 Å². The zero-order chi connectivity index (χ0) is 8.36. The van der Waals surface area contributed by atoms with E-state index in [1.807, 2.05) is 0 Å². The van der Waals surface area contributed by atoms with Crippen LogP contribution in [0.5, 0.6) is 0 Å². The predicted octanol–water partition coefficient (Wildman–Crippen LogP) is 1.17. The Morgan fingerprint density at radius 2 is 2.10 bits per heavy atom. The average molecular weight is 167 g/mol. The van der Waals surface area contributed by atoms with Gasteiger partial charge in [0.05, 0.1) is 4.87 Å². The third-order valence-electron chi connectivity index (χ3n) is 1.33. The second-order valence-corrected chi connectivity index (χ2v) is 3.65. The molecule has 0 rings (SSSR count). The highest BCUT2D eigenvalue weighted by Crippen LogP contribution is 2.16. The lowest BCUT2D eigenvalue weighted by atomic mass is 10.1. The molecule has 0 heterocycles. The molecule has 5 heteroatoms. The number of hydrazine groups is 1. The molecule has 0 aromatic rings. The first-order chi connectivity index (χ1) is 4.34. The quantitative estimate of drug-likeness (QED) is 0.389. The summed E-state index contributed by atoms with van der Waals surface area (Å²) in [5.41, 5.74) is 2.07. The first-order valence-corrected chi connectivity index (χ1v) is 3.31. The molecule has 0 fully saturated rings. The van der Waals surface area contributed by atoms with Crippen LogP contribution in [-0.4, -0.2) is 15.9 Å². The van der Waals surface area contributed by atoms with Gasteiger partial charge in [-0.3, -0.25) is 0 Å². The summed E-state index contributed by atoms with van der Waals surface area (Å²) in [5.74, 6) is 0. The van der Waals surface area contributed by atoms with Crippen LogP contribution in [0.15, 0.2) is 0 Å². The van der Waals surface area contributed by atoms with Gasteiger partial charge in [-0.05, 0) is 20.8 Å². The molecule has 0 amide bonds. The molecule has 0 bridgehead atoms. The number of hydrogen-bond acceptors (Lipinski definition) is 2. The van der Waals surface area contributed by atoms with Crippen LogP contribution >= 0.6 is 11.6 Å². The summed E-state index contributed by atoms with van der Waals surface area (Å²) in [5, 5.41) is 9.30. The van der Waals surface area contributed by atoms with Gasteiger partial charge in [0.25, 0.3) is 0 Å². The van der Waals surface area contributed by atoms with Crippen molar-refractivity contribution in [2.75, 3.05) is 0 Å². The van der Waals surface area contributed by atoms with Crippen molar-refractivity contribution in [3.63, 3.8) is 0 Å². The number of rotatable bonds is 3. The van der Waals surface area contributed by atoms with Gasteiger partial charge in [-0.25, -0.2) is 10.1 Å². The molecule has 0 saturated heterocycles. The molecule has 10 heavy (non-hydrogen) atoms. The maximum Gasteiger partial charge on any atom is 0.157 e.